The second kappa shape index (κ2) is 8.22. The van der Waals surface area contributed by atoms with Crippen LogP contribution in [-0.2, 0) is 19.1 Å². The van der Waals surface area contributed by atoms with E-state index in [0.29, 0.717) is 5.69 Å². The number of nitro groups is 1. The zero-order valence-corrected chi connectivity index (χ0v) is 17.7. The summed E-state index contributed by atoms with van der Waals surface area (Å²) >= 11 is 0. The van der Waals surface area contributed by atoms with Gasteiger partial charge in [0.2, 0.25) is 11.8 Å². The predicted octanol–water partition coefficient (Wildman–Crippen LogP) is 2.70. The first-order valence-electron chi connectivity index (χ1n) is 10.7. The number of nitrogens with one attached hydrogen (secondary N) is 1. The van der Waals surface area contributed by atoms with E-state index < -0.39 is 23.4 Å². The van der Waals surface area contributed by atoms with Crippen LogP contribution in [0.5, 0.6) is 0 Å². The van der Waals surface area contributed by atoms with Gasteiger partial charge in [-0.15, -0.1) is 0 Å². The molecule has 5 rings (SSSR count). The Bertz CT molecular complexity index is 1220. The minimum atomic E-state index is -0.765. The Kier molecular flexibility index (Phi) is 5.20. The molecule has 0 spiro atoms. The summed E-state index contributed by atoms with van der Waals surface area (Å²) in [5.74, 6) is -2.24. The highest BCUT2D eigenvalue weighted by atomic mass is 16.6. The molecule has 3 amide bonds. The molecule has 172 valence electrons. The van der Waals surface area contributed by atoms with Gasteiger partial charge in [0.05, 0.1) is 28.0 Å². The number of carbonyl (C=O) groups is 4. The molecule has 1 N–H and O–H groups in total. The van der Waals surface area contributed by atoms with E-state index in [1.54, 1.807) is 0 Å². The summed E-state index contributed by atoms with van der Waals surface area (Å²) in [6.07, 6.45) is 4.89. The molecular formula is C24H19N3O7. The fourth-order valence-electron chi connectivity index (χ4n) is 5.01. The number of non-ortho nitro benzene ring substituents is 1. The number of carbonyl (C=O) groups excluding carboxylic acids is 4. The van der Waals surface area contributed by atoms with Crippen LogP contribution in [0.4, 0.5) is 17.1 Å². The Hall–Kier alpha value is -4.34. The number of esters is 1. The quantitative estimate of drug-likeness (QED) is 0.230. The number of rotatable bonds is 6. The van der Waals surface area contributed by atoms with Gasteiger partial charge in [-0.05, 0) is 48.6 Å². The average Bonchev–Trinajstić information content (AvgIpc) is 3.51. The largest absolute Gasteiger partial charge is 0.452 e. The van der Waals surface area contributed by atoms with Crippen molar-refractivity contribution >= 4 is 40.8 Å². The number of anilines is 2. The van der Waals surface area contributed by atoms with E-state index in [4.69, 9.17) is 4.74 Å². The molecule has 1 aliphatic heterocycles. The van der Waals surface area contributed by atoms with E-state index in [1.807, 2.05) is 12.2 Å². The Labute approximate surface area is 193 Å². The van der Waals surface area contributed by atoms with Gasteiger partial charge >= 0.3 is 5.97 Å². The highest BCUT2D eigenvalue weighted by Gasteiger charge is 2.59. The predicted molar refractivity (Wildman–Crippen MR) is 119 cm³/mol. The molecule has 0 aromatic heterocycles. The summed E-state index contributed by atoms with van der Waals surface area (Å²) in [6.45, 7) is -0.592. The van der Waals surface area contributed by atoms with E-state index in [1.165, 1.54) is 53.4 Å². The molecule has 0 unspecified atom stereocenters. The molecule has 2 aliphatic carbocycles. The molecule has 2 aromatic rings. The van der Waals surface area contributed by atoms with Crippen molar-refractivity contribution in [2.45, 2.75) is 6.42 Å². The van der Waals surface area contributed by atoms with Crippen LogP contribution >= 0.6 is 0 Å². The van der Waals surface area contributed by atoms with Crippen molar-refractivity contribution in [2.24, 2.45) is 23.7 Å². The van der Waals surface area contributed by atoms with Crippen molar-refractivity contribution in [3.63, 3.8) is 0 Å². The first-order valence-corrected chi connectivity index (χ1v) is 10.7. The monoisotopic (exact) mass is 461 g/mol. The lowest BCUT2D eigenvalue weighted by molar-refractivity contribution is -0.384. The maximum absolute atomic E-state index is 12.9. The molecule has 3 aliphatic rings. The lowest BCUT2D eigenvalue weighted by Crippen LogP contribution is -2.32. The lowest BCUT2D eigenvalue weighted by Gasteiger charge is -2.17. The van der Waals surface area contributed by atoms with Gasteiger partial charge < -0.3 is 10.1 Å². The van der Waals surface area contributed by atoms with E-state index in [-0.39, 0.29) is 52.4 Å². The number of nitrogens with zero attached hydrogens (tertiary/aromatic N) is 2. The number of benzene rings is 2. The molecular weight excluding hydrogens is 442 g/mol. The van der Waals surface area contributed by atoms with E-state index in [9.17, 15) is 29.3 Å². The van der Waals surface area contributed by atoms with Crippen LogP contribution in [0.15, 0.2) is 60.7 Å². The van der Waals surface area contributed by atoms with Crippen molar-refractivity contribution in [3.05, 3.63) is 76.4 Å². The molecule has 2 bridgehead atoms. The Morgan fingerprint density at radius 3 is 2.29 bits per heavy atom. The van der Waals surface area contributed by atoms with Crippen LogP contribution in [0.3, 0.4) is 0 Å². The van der Waals surface area contributed by atoms with Crippen LogP contribution in [0.25, 0.3) is 0 Å². The maximum Gasteiger partial charge on any atom is 0.338 e. The second-order valence-electron chi connectivity index (χ2n) is 8.49. The van der Waals surface area contributed by atoms with Gasteiger partial charge in [-0.1, -0.05) is 18.2 Å². The third kappa shape index (κ3) is 3.62. The molecule has 1 saturated carbocycles. The summed E-state index contributed by atoms with van der Waals surface area (Å²) in [4.78, 5) is 61.6. The van der Waals surface area contributed by atoms with Crippen molar-refractivity contribution in [3.8, 4) is 0 Å². The van der Waals surface area contributed by atoms with Gasteiger partial charge in [-0.25, -0.2) is 4.79 Å². The first-order chi connectivity index (χ1) is 16.3. The van der Waals surface area contributed by atoms with Crippen molar-refractivity contribution in [1.29, 1.82) is 0 Å². The van der Waals surface area contributed by atoms with E-state index in [2.05, 4.69) is 5.32 Å². The van der Waals surface area contributed by atoms with Gasteiger partial charge in [0.1, 0.15) is 0 Å². The van der Waals surface area contributed by atoms with Crippen LogP contribution in [0.2, 0.25) is 0 Å². The Morgan fingerprint density at radius 1 is 1.03 bits per heavy atom. The van der Waals surface area contributed by atoms with E-state index >= 15 is 0 Å². The maximum atomic E-state index is 12.9. The van der Waals surface area contributed by atoms with Crippen molar-refractivity contribution < 1.29 is 28.8 Å². The molecule has 4 atom stereocenters. The minimum absolute atomic E-state index is 0.110. The van der Waals surface area contributed by atoms with Crippen LogP contribution in [0, 0.1) is 33.8 Å². The fourth-order valence-corrected chi connectivity index (χ4v) is 5.01. The number of hydrogen-bond acceptors (Lipinski definition) is 7. The number of nitro benzene ring substituents is 1. The summed E-state index contributed by atoms with van der Waals surface area (Å²) in [7, 11) is 0. The molecule has 10 heteroatoms. The average molecular weight is 461 g/mol. The van der Waals surface area contributed by atoms with Crippen LogP contribution in [0.1, 0.15) is 16.8 Å². The van der Waals surface area contributed by atoms with Gasteiger partial charge in [-0.3, -0.25) is 29.4 Å². The molecule has 2 aromatic carbocycles. The minimum Gasteiger partial charge on any atom is -0.452 e. The number of allylic oxidation sites excluding steroid dienone is 2. The van der Waals surface area contributed by atoms with Gasteiger partial charge in [-0.2, -0.15) is 0 Å². The van der Waals surface area contributed by atoms with Crippen molar-refractivity contribution in [2.75, 3.05) is 16.8 Å². The highest BCUT2D eigenvalue weighted by Crippen LogP contribution is 2.53. The number of fused-ring (bicyclic) bond motifs is 5. The normalized spacial score (nSPS) is 24.3. The topological polar surface area (TPSA) is 136 Å². The third-order valence-corrected chi connectivity index (χ3v) is 6.51. The summed E-state index contributed by atoms with van der Waals surface area (Å²) < 4.78 is 5.00. The first kappa shape index (κ1) is 21.5. The number of amides is 3. The Morgan fingerprint density at radius 2 is 1.68 bits per heavy atom. The molecule has 34 heavy (non-hydrogen) atoms. The smallest absolute Gasteiger partial charge is 0.338 e. The molecule has 10 nitrogen and oxygen atoms in total. The Balaban J connectivity index is 1.19. The number of hydrogen-bond donors (Lipinski definition) is 1. The van der Waals surface area contributed by atoms with Gasteiger partial charge in [0.25, 0.3) is 11.6 Å². The summed E-state index contributed by atoms with van der Waals surface area (Å²) in [5.41, 5.74) is 0.557. The third-order valence-electron chi connectivity index (χ3n) is 6.51. The number of imide groups is 1. The van der Waals surface area contributed by atoms with Crippen LogP contribution in [-0.4, -0.2) is 35.2 Å². The lowest BCUT2D eigenvalue weighted by atomic mass is 9.85. The molecule has 2 fully saturated rings. The standard InChI is InChI=1S/C24H19N3O7/c28-19(25-16-2-1-3-18(11-16)27(32)33)12-34-24(31)13-6-8-17(9-7-13)26-22(29)20-14-4-5-15(10-14)21(20)23(26)30/h1-9,11,14-15,20-21H,10,12H2,(H,25,28)/t14-,15-,20-,21+/m0/s1. The summed E-state index contributed by atoms with van der Waals surface area (Å²) in [5, 5.41) is 13.2. The van der Waals surface area contributed by atoms with Crippen molar-refractivity contribution in [1.82, 2.24) is 0 Å². The van der Waals surface area contributed by atoms with E-state index in [0.717, 1.165) is 6.42 Å². The fraction of sp³-hybridized carbons (Fsp3) is 0.250. The second-order valence-corrected chi connectivity index (χ2v) is 8.49. The van der Waals surface area contributed by atoms with Gasteiger partial charge in [0, 0.05) is 17.8 Å². The SMILES string of the molecule is O=C(COC(=O)c1ccc(N2C(=O)[C@@H]3[C@H](C2=O)[C@H]2C=C[C@H]3C2)cc1)Nc1cccc([N+](=O)[O-])c1. The highest BCUT2D eigenvalue weighted by molar-refractivity contribution is 6.22. The number of ether oxygens (including phenoxy) is 1. The molecule has 1 heterocycles. The molecule has 1 saturated heterocycles. The zero-order valence-electron chi connectivity index (χ0n) is 17.7. The summed E-state index contributed by atoms with van der Waals surface area (Å²) in [6, 6.07) is 11.2. The zero-order chi connectivity index (χ0) is 24.0. The van der Waals surface area contributed by atoms with Gasteiger partial charge in [0.15, 0.2) is 6.61 Å². The van der Waals surface area contributed by atoms with Crippen LogP contribution < -0.4 is 10.2 Å². The molecule has 0 radical (unpaired) electrons.